The molecule has 258 valence electrons. The van der Waals surface area contributed by atoms with Gasteiger partial charge < -0.3 is 19.9 Å². The fraction of sp³-hybridized carbons (Fsp3) is 0.514. The minimum absolute atomic E-state index is 0.128. The summed E-state index contributed by atoms with van der Waals surface area (Å²) in [6.45, 7) is 6.94. The fourth-order valence-corrected chi connectivity index (χ4v) is 9.02. The first kappa shape index (κ1) is 34.2. The number of hydrogen-bond acceptors (Lipinski definition) is 6. The zero-order valence-corrected chi connectivity index (χ0v) is 29.7. The van der Waals surface area contributed by atoms with Crippen LogP contribution in [-0.4, -0.2) is 68.3 Å². The first-order valence-corrected chi connectivity index (χ1v) is 18.5. The van der Waals surface area contributed by atoms with Gasteiger partial charge >= 0.3 is 10.2 Å². The summed E-state index contributed by atoms with van der Waals surface area (Å²) >= 11 is 0. The van der Waals surface area contributed by atoms with E-state index in [4.69, 9.17) is 4.74 Å². The summed E-state index contributed by atoms with van der Waals surface area (Å²) in [5.41, 5.74) is 11.1. The molecule has 3 aromatic rings. The zero-order valence-electron chi connectivity index (χ0n) is 28.8. The number of nitrogens with one attached hydrogen (secondary N) is 1. The first-order valence-electron chi connectivity index (χ1n) is 17.1. The van der Waals surface area contributed by atoms with Crippen LogP contribution in [0.15, 0.2) is 48.7 Å². The zero-order chi connectivity index (χ0) is 34.5. The van der Waals surface area contributed by atoms with Gasteiger partial charge in [-0.3, -0.25) is 9.59 Å². The number of carbonyl (C=O) groups is 2. The van der Waals surface area contributed by atoms with Crippen molar-refractivity contribution in [1.82, 2.24) is 18.5 Å². The number of allylic oxidation sites excluding steroid dienone is 1. The lowest BCUT2D eigenvalue weighted by atomic mass is 9.81. The molecule has 1 saturated heterocycles. The lowest BCUT2D eigenvalue weighted by Gasteiger charge is -2.26. The molecular weight excluding hydrogens is 627 g/mol. The molecule has 3 heterocycles. The van der Waals surface area contributed by atoms with Crippen LogP contribution >= 0.6 is 0 Å². The largest absolute Gasteiger partial charge is 0.497 e. The maximum atomic E-state index is 14.0. The number of aromatic nitrogens is 1. The summed E-state index contributed by atoms with van der Waals surface area (Å²) in [5.74, 6) is 0.830. The van der Waals surface area contributed by atoms with Crippen LogP contribution in [0.3, 0.4) is 0 Å². The van der Waals surface area contributed by atoms with E-state index < -0.39 is 16.1 Å². The first-order chi connectivity index (χ1) is 22.9. The lowest BCUT2D eigenvalue weighted by molar-refractivity contribution is -0.131. The number of amides is 2. The van der Waals surface area contributed by atoms with Crippen LogP contribution < -0.4 is 15.2 Å². The van der Waals surface area contributed by atoms with Crippen LogP contribution in [0.5, 0.6) is 5.75 Å². The number of likely N-dealkylation sites (tertiary alicyclic amines) is 1. The van der Waals surface area contributed by atoms with Crippen LogP contribution in [0.25, 0.3) is 22.2 Å². The lowest BCUT2D eigenvalue weighted by Crippen LogP contribution is -2.39. The third kappa shape index (κ3) is 5.83. The molecule has 11 heteroatoms. The SMILES string of the molecule is C=C1CCC(C)N1C(=O)CC12CC1c1cc(OC)ccc1-c1c(C3CCCCC3)c3ccc(C(=O)NS(=O)(=O)N(C)C)cc3n1C2.CN. The average Bonchev–Trinajstić information content (AvgIpc) is 3.56. The monoisotopic (exact) mass is 675 g/mol. The molecule has 1 aromatic heterocycles. The molecule has 0 bridgehead atoms. The molecule has 48 heavy (non-hydrogen) atoms. The third-order valence-electron chi connectivity index (χ3n) is 11.0. The second-order valence-electron chi connectivity index (χ2n) is 14.1. The van der Waals surface area contributed by atoms with Crippen molar-refractivity contribution >= 4 is 32.9 Å². The van der Waals surface area contributed by atoms with Crippen molar-refractivity contribution in [2.75, 3.05) is 28.3 Å². The van der Waals surface area contributed by atoms with Crippen molar-refractivity contribution in [3.05, 3.63) is 65.4 Å². The minimum atomic E-state index is -3.96. The van der Waals surface area contributed by atoms with Gasteiger partial charge in [-0.15, -0.1) is 0 Å². The maximum Gasteiger partial charge on any atom is 0.303 e. The van der Waals surface area contributed by atoms with Gasteiger partial charge in [-0.25, -0.2) is 4.72 Å². The Morgan fingerprint density at radius 3 is 2.46 bits per heavy atom. The molecule has 10 nitrogen and oxygen atoms in total. The molecule has 2 aliphatic heterocycles. The Kier molecular flexibility index (Phi) is 9.25. The topological polar surface area (TPSA) is 127 Å². The Balaban J connectivity index is 0.00000197. The molecule has 2 saturated carbocycles. The van der Waals surface area contributed by atoms with Gasteiger partial charge in [0, 0.05) is 66.2 Å². The molecule has 4 aliphatic rings. The van der Waals surface area contributed by atoms with E-state index in [2.05, 4.69) is 40.7 Å². The maximum absolute atomic E-state index is 14.0. The minimum Gasteiger partial charge on any atom is -0.497 e. The van der Waals surface area contributed by atoms with E-state index >= 15 is 0 Å². The highest BCUT2D eigenvalue weighted by molar-refractivity contribution is 7.87. The molecule has 3 fully saturated rings. The van der Waals surface area contributed by atoms with Crippen molar-refractivity contribution < 1.29 is 22.7 Å². The number of hydrogen-bond donors (Lipinski definition) is 2. The molecule has 2 amide bonds. The van der Waals surface area contributed by atoms with E-state index in [0.29, 0.717) is 18.9 Å². The van der Waals surface area contributed by atoms with Gasteiger partial charge in [0.2, 0.25) is 5.91 Å². The van der Waals surface area contributed by atoms with Gasteiger partial charge in [0.1, 0.15) is 5.75 Å². The van der Waals surface area contributed by atoms with Crippen molar-refractivity contribution in [1.29, 1.82) is 0 Å². The number of fused-ring (bicyclic) bond motifs is 7. The van der Waals surface area contributed by atoms with Gasteiger partial charge in [0.15, 0.2) is 0 Å². The van der Waals surface area contributed by atoms with Crippen molar-refractivity contribution in [3.63, 3.8) is 0 Å². The molecule has 3 atom stereocenters. The summed E-state index contributed by atoms with van der Waals surface area (Å²) in [6, 6.07) is 12.1. The fourth-order valence-electron chi connectivity index (χ4n) is 8.49. The number of methoxy groups -OCH3 is 1. The van der Waals surface area contributed by atoms with E-state index in [1.165, 1.54) is 51.5 Å². The number of rotatable bonds is 7. The molecule has 0 spiro atoms. The Bertz CT molecular complexity index is 1880. The molecule has 2 aliphatic carbocycles. The van der Waals surface area contributed by atoms with Gasteiger partial charge in [-0.05, 0) is 99.4 Å². The molecule has 7 rings (SSSR count). The Morgan fingerprint density at radius 2 is 1.81 bits per heavy atom. The van der Waals surface area contributed by atoms with E-state index in [9.17, 15) is 18.0 Å². The third-order valence-corrected chi connectivity index (χ3v) is 12.4. The predicted molar refractivity (Wildman–Crippen MR) is 189 cm³/mol. The van der Waals surface area contributed by atoms with Crippen LogP contribution in [0, 0.1) is 5.41 Å². The number of benzene rings is 2. The van der Waals surface area contributed by atoms with Gasteiger partial charge in [-0.2, -0.15) is 12.7 Å². The second-order valence-corrected chi connectivity index (χ2v) is 16.0. The van der Waals surface area contributed by atoms with E-state index in [1.54, 1.807) is 13.2 Å². The second kappa shape index (κ2) is 13.0. The van der Waals surface area contributed by atoms with E-state index in [0.717, 1.165) is 70.0 Å². The highest BCUT2D eigenvalue weighted by Gasteiger charge is 2.59. The quantitative estimate of drug-likeness (QED) is 0.322. The van der Waals surface area contributed by atoms with Gasteiger partial charge in [-0.1, -0.05) is 31.9 Å². The number of ether oxygens (including phenoxy) is 1. The number of carbonyl (C=O) groups excluding carboxylic acids is 2. The summed E-state index contributed by atoms with van der Waals surface area (Å²) in [6.07, 6.45) is 8.86. The highest BCUT2D eigenvalue weighted by Crippen LogP contribution is 2.67. The summed E-state index contributed by atoms with van der Waals surface area (Å²) < 4.78 is 36.3. The summed E-state index contributed by atoms with van der Waals surface area (Å²) in [4.78, 5) is 29.2. The molecule has 3 unspecified atom stereocenters. The van der Waals surface area contributed by atoms with Crippen molar-refractivity contribution in [3.8, 4) is 17.0 Å². The predicted octanol–water partition coefficient (Wildman–Crippen LogP) is 5.88. The standard InChI is InChI=1S/C36H44N4O5S.CH5N/c1-22-11-12-23(2)40(22)32(41)20-36-19-30(36)29-18-26(45-5)14-16-27(29)34-33(24-9-7-6-8-10-24)28-15-13-25(17-31(28)39(34)21-36)35(42)37-46(43,44)38(3)4;1-2/h13-18,23-24,30H,1,6-12,19-21H2,2-5H3,(H,37,42);2H2,1H3. The van der Waals surface area contributed by atoms with E-state index in [-0.39, 0.29) is 28.8 Å². The van der Waals surface area contributed by atoms with E-state index in [1.807, 2.05) is 23.1 Å². The molecular formula is C37H49N5O5S. The van der Waals surface area contributed by atoms with Crippen LogP contribution in [0.4, 0.5) is 0 Å². The smallest absolute Gasteiger partial charge is 0.303 e. The molecule has 0 radical (unpaired) electrons. The Labute approximate surface area is 284 Å². The normalized spacial score (nSPS) is 23.5. The van der Waals surface area contributed by atoms with Crippen molar-refractivity contribution in [2.45, 2.75) is 89.1 Å². The number of nitrogens with zero attached hydrogens (tertiary/aromatic N) is 3. The van der Waals surface area contributed by atoms with Crippen LogP contribution in [0.2, 0.25) is 0 Å². The van der Waals surface area contributed by atoms with Crippen LogP contribution in [0.1, 0.15) is 98.0 Å². The Morgan fingerprint density at radius 1 is 1.08 bits per heavy atom. The summed E-state index contributed by atoms with van der Waals surface area (Å²) in [5, 5.41) is 1.10. The van der Waals surface area contributed by atoms with Crippen LogP contribution in [-0.2, 0) is 21.5 Å². The average molecular weight is 676 g/mol. The number of nitrogens with two attached hydrogens (primary N) is 1. The molecule has 2 aromatic carbocycles. The Hall–Kier alpha value is -3.67. The van der Waals surface area contributed by atoms with Crippen molar-refractivity contribution in [2.24, 2.45) is 11.1 Å². The van der Waals surface area contributed by atoms with Gasteiger partial charge in [0.05, 0.1) is 12.8 Å². The molecule has 3 N–H and O–H groups in total. The summed E-state index contributed by atoms with van der Waals surface area (Å²) in [7, 11) is 2.01. The highest BCUT2D eigenvalue weighted by atomic mass is 32.2. The van der Waals surface area contributed by atoms with Gasteiger partial charge in [0.25, 0.3) is 5.91 Å².